The number of amides is 1. The third-order valence-electron chi connectivity index (χ3n) is 6.31. The molecule has 0 unspecified atom stereocenters. The molecule has 0 aromatic heterocycles. The van der Waals surface area contributed by atoms with E-state index in [0.29, 0.717) is 6.42 Å². The van der Waals surface area contributed by atoms with Crippen LogP contribution in [0.1, 0.15) is 30.5 Å². The highest BCUT2D eigenvalue weighted by molar-refractivity contribution is 5.80. The van der Waals surface area contributed by atoms with Crippen LogP contribution in [0.4, 0.5) is 0 Å². The minimum Gasteiger partial charge on any atom is -0.380 e. The lowest BCUT2D eigenvalue weighted by Gasteiger charge is -2.29. The van der Waals surface area contributed by atoms with Crippen LogP contribution in [-0.2, 0) is 28.9 Å². The fourth-order valence-electron chi connectivity index (χ4n) is 4.45. The van der Waals surface area contributed by atoms with Crippen LogP contribution in [0.2, 0.25) is 0 Å². The van der Waals surface area contributed by atoms with Crippen molar-refractivity contribution in [1.29, 1.82) is 0 Å². The van der Waals surface area contributed by atoms with Crippen LogP contribution in [0.15, 0.2) is 18.2 Å². The fourth-order valence-corrected chi connectivity index (χ4v) is 4.45. The van der Waals surface area contributed by atoms with Gasteiger partial charge in [0.15, 0.2) is 0 Å². The van der Waals surface area contributed by atoms with Gasteiger partial charge in [-0.3, -0.25) is 4.79 Å². The summed E-state index contributed by atoms with van der Waals surface area (Å²) in [6.45, 7) is 9.69. The van der Waals surface area contributed by atoms with Crippen molar-refractivity contribution >= 4 is 5.91 Å². The molecule has 3 heterocycles. The van der Waals surface area contributed by atoms with E-state index in [-0.39, 0.29) is 16.7 Å². The Labute approximate surface area is 138 Å². The van der Waals surface area contributed by atoms with Gasteiger partial charge in [0.25, 0.3) is 0 Å². The van der Waals surface area contributed by atoms with E-state index in [1.165, 1.54) is 16.7 Å². The van der Waals surface area contributed by atoms with Crippen molar-refractivity contribution in [2.24, 2.45) is 10.8 Å². The van der Waals surface area contributed by atoms with Gasteiger partial charge in [0.1, 0.15) is 0 Å². The van der Waals surface area contributed by atoms with Gasteiger partial charge < -0.3 is 15.0 Å². The van der Waals surface area contributed by atoms with Crippen molar-refractivity contribution in [3.8, 4) is 0 Å². The Kier molecular flexibility index (Phi) is 3.50. The van der Waals surface area contributed by atoms with Crippen LogP contribution in [0.5, 0.6) is 0 Å². The second-order valence-electron chi connectivity index (χ2n) is 8.02. The largest absolute Gasteiger partial charge is 0.380 e. The van der Waals surface area contributed by atoms with Crippen LogP contribution < -0.4 is 5.32 Å². The maximum absolute atomic E-state index is 12.9. The number of carbonyl (C=O) groups excluding carboxylic acids is 1. The van der Waals surface area contributed by atoms with Crippen LogP contribution in [0.25, 0.3) is 0 Å². The van der Waals surface area contributed by atoms with E-state index in [0.717, 1.165) is 45.8 Å². The SMILES string of the molecule is C[C@@]12COC[C@]1(C)CN(C(=O)Cc1cccc3c1CCNC3)C2. The number of carbonyl (C=O) groups is 1. The molecule has 1 aromatic carbocycles. The fraction of sp³-hybridized carbons (Fsp3) is 0.632. The van der Waals surface area contributed by atoms with Crippen molar-refractivity contribution in [2.45, 2.75) is 33.2 Å². The Morgan fingerprint density at radius 3 is 2.74 bits per heavy atom. The summed E-state index contributed by atoms with van der Waals surface area (Å²) < 4.78 is 5.69. The van der Waals surface area contributed by atoms with Crippen molar-refractivity contribution in [1.82, 2.24) is 10.2 Å². The molecule has 1 N–H and O–H groups in total. The molecule has 4 nitrogen and oxygen atoms in total. The van der Waals surface area contributed by atoms with E-state index in [9.17, 15) is 4.79 Å². The molecule has 124 valence electrons. The Morgan fingerprint density at radius 1 is 1.26 bits per heavy atom. The van der Waals surface area contributed by atoms with Crippen LogP contribution >= 0.6 is 0 Å². The summed E-state index contributed by atoms with van der Waals surface area (Å²) >= 11 is 0. The summed E-state index contributed by atoms with van der Waals surface area (Å²) in [6, 6.07) is 6.39. The molecule has 0 spiro atoms. The number of hydrogen-bond donors (Lipinski definition) is 1. The van der Waals surface area contributed by atoms with Gasteiger partial charge in [0, 0.05) is 30.5 Å². The van der Waals surface area contributed by atoms with Gasteiger partial charge in [0.05, 0.1) is 19.6 Å². The van der Waals surface area contributed by atoms with Crippen molar-refractivity contribution in [3.05, 3.63) is 34.9 Å². The van der Waals surface area contributed by atoms with E-state index in [4.69, 9.17) is 4.74 Å². The molecule has 1 amide bonds. The zero-order valence-corrected chi connectivity index (χ0v) is 14.2. The quantitative estimate of drug-likeness (QED) is 0.904. The monoisotopic (exact) mass is 314 g/mol. The molecular weight excluding hydrogens is 288 g/mol. The second-order valence-corrected chi connectivity index (χ2v) is 8.02. The average molecular weight is 314 g/mol. The second kappa shape index (κ2) is 5.32. The maximum atomic E-state index is 12.9. The van der Waals surface area contributed by atoms with Gasteiger partial charge in [-0.25, -0.2) is 0 Å². The molecule has 0 bridgehead atoms. The van der Waals surface area contributed by atoms with E-state index in [1.807, 2.05) is 0 Å². The third-order valence-corrected chi connectivity index (χ3v) is 6.31. The Bertz CT molecular complexity index is 626. The van der Waals surface area contributed by atoms with E-state index >= 15 is 0 Å². The molecule has 0 radical (unpaired) electrons. The minimum absolute atomic E-state index is 0.114. The van der Waals surface area contributed by atoms with Gasteiger partial charge in [0.2, 0.25) is 5.91 Å². The summed E-state index contributed by atoms with van der Waals surface area (Å²) in [7, 11) is 0. The van der Waals surface area contributed by atoms with Crippen molar-refractivity contribution < 1.29 is 9.53 Å². The molecule has 4 rings (SSSR count). The van der Waals surface area contributed by atoms with Gasteiger partial charge in [-0.15, -0.1) is 0 Å². The summed E-state index contributed by atoms with van der Waals surface area (Å²) in [5.41, 5.74) is 4.19. The van der Waals surface area contributed by atoms with Crippen LogP contribution in [0.3, 0.4) is 0 Å². The first kappa shape index (κ1) is 15.2. The molecule has 0 aliphatic carbocycles. The van der Waals surface area contributed by atoms with Gasteiger partial charge >= 0.3 is 0 Å². The molecule has 2 saturated heterocycles. The number of hydrogen-bond acceptors (Lipinski definition) is 3. The van der Waals surface area contributed by atoms with Crippen LogP contribution in [-0.4, -0.2) is 43.7 Å². The normalized spacial score (nSPS) is 32.7. The van der Waals surface area contributed by atoms with E-state index in [2.05, 4.69) is 42.3 Å². The smallest absolute Gasteiger partial charge is 0.227 e. The molecule has 1 aromatic rings. The van der Waals surface area contributed by atoms with E-state index < -0.39 is 0 Å². The van der Waals surface area contributed by atoms with Gasteiger partial charge in [-0.2, -0.15) is 0 Å². The molecule has 2 fully saturated rings. The zero-order chi connectivity index (χ0) is 16.1. The summed E-state index contributed by atoms with van der Waals surface area (Å²) in [4.78, 5) is 15.0. The lowest BCUT2D eigenvalue weighted by atomic mass is 9.71. The zero-order valence-electron chi connectivity index (χ0n) is 14.2. The maximum Gasteiger partial charge on any atom is 0.227 e. The Balaban J connectivity index is 1.52. The summed E-state index contributed by atoms with van der Waals surface area (Å²) in [5, 5.41) is 3.40. The highest BCUT2D eigenvalue weighted by Crippen LogP contribution is 2.50. The average Bonchev–Trinajstić information content (AvgIpc) is 2.95. The first-order chi connectivity index (χ1) is 11.0. The van der Waals surface area contributed by atoms with E-state index in [1.54, 1.807) is 0 Å². The number of nitrogens with zero attached hydrogens (tertiary/aromatic N) is 1. The standard InChI is InChI=1S/C19H26N2O2/c1-18-10-21(11-19(18,2)13-23-12-18)17(22)8-14-4-3-5-15-9-20-7-6-16(14)15/h3-5,20H,6-13H2,1-2H3/t18-,19+. The van der Waals surface area contributed by atoms with Crippen molar-refractivity contribution in [3.63, 3.8) is 0 Å². The number of likely N-dealkylation sites (tertiary alicyclic amines) is 1. The number of rotatable bonds is 2. The Hall–Kier alpha value is -1.39. The molecule has 2 atom stereocenters. The first-order valence-corrected chi connectivity index (χ1v) is 8.67. The lowest BCUT2D eigenvalue weighted by Crippen LogP contribution is -2.34. The molecule has 4 heteroatoms. The minimum atomic E-state index is 0.114. The molecule has 3 aliphatic heterocycles. The summed E-state index contributed by atoms with van der Waals surface area (Å²) in [6.07, 6.45) is 1.57. The highest BCUT2D eigenvalue weighted by Gasteiger charge is 2.56. The molecule has 3 aliphatic rings. The first-order valence-electron chi connectivity index (χ1n) is 8.67. The molecule has 0 saturated carbocycles. The van der Waals surface area contributed by atoms with Crippen LogP contribution in [0, 0.1) is 10.8 Å². The van der Waals surface area contributed by atoms with Crippen molar-refractivity contribution in [2.75, 3.05) is 32.8 Å². The predicted molar refractivity (Wildman–Crippen MR) is 89.2 cm³/mol. The number of fused-ring (bicyclic) bond motifs is 2. The molecular formula is C19H26N2O2. The molecule has 23 heavy (non-hydrogen) atoms. The van der Waals surface area contributed by atoms with Gasteiger partial charge in [-0.05, 0) is 29.7 Å². The summed E-state index contributed by atoms with van der Waals surface area (Å²) in [5.74, 6) is 0.272. The predicted octanol–water partition coefficient (Wildman–Crippen LogP) is 1.76. The number of benzene rings is 1. The highest BCUT2D eigenvalue weighted by atomic mass is 16.5. The topological polar surface area (TPSA) is 41.6 Å². The lowest BCUT2D eigenvalue weighted by molar-refractivity contribution is -0.130. The van der Waals surface area contributed by atoms with Gasteiger partial charge in [-0.1, -0.05) is 32.0 Å². The Morgan fingerprint density at radius 2 is 2.00 bits per heavy atom. The third kappa shape index (κ3) is 2.39. The number of nitrogens with one attached hydrogen (secondary N) is 1. The number of ether oxygens (including phenoxy) is 1.